The lowest BCUT2D eigenvalue weighted by Crippen LogP contribution is -2.31. The van der Waals surface area contributed by atoms with Crippen LogP contribution in [0, 0.1) is 0 Å². The number of rotatable bonds is 4. The molecule has 0 saturated carbocycles. The van der Waals surface area contributed by atoms with Gasteiger partial charge < -0.3 is 9.47 Å². The Kier molecular flexibility index (Phi) is 4.03. The third-order valence-corrected chi connectivity index (χ3v) is 4.85. The molecule has 0 aliphatic carbocycles. The van der Waals surface area contributed by atoms with Crippen molar-refractivity contribution in [3.05, 3.63) is 66.5 Å². The molecule has 3 aromatic rings. The number of fused-ring (bicyclic) bond motifs is 1. The average molecular weight is 319 g/mol. The number of likely N-dealkylation sites (tertiary alicyclic amines) is 1. The molecule has 2 heterocycles. The largest absolute Gasteiger partial charge is 0.336 e. The van der Waals surface area contributed by atoms with Crippen LogP contribution in [0.15, 0.2) is 60.9 Å². The molecule has 0 N–H and O–H groups in total. The van der Waals surface area contributed by atoms with Crippen molar-refractivity contribution in [2.45, 2.75) is 31.8 Å². The lowest BCUT2D eigenvalue weighted by atomic mass is 10.0. The van der Waals surface area contributed by atoms with Crippen molar-refractivity contribution in [1.29, 1.82) is 0 Å². The molecule has 1 aliphatic rings. The fourth-order valence-corrected chi connectivity index (χ4v) is 3.64. The van der Waals surface area contributed by atoms with Crippen molar-refractivity contribution in [3.8, 4) is 0 Å². The Hall–Kier alpha value is -2.62. The van der Waals surface area contributed by atoms with Crippen LogP contribution in [-0.4, -0.2) is 26.9 Å². The van der Waals surface area contributed by atoms with E-state index in [1.54, 1.807) is 0 Å². The number of aryl methyl sites for hydroxylation is 1. The molecule has 24 heavy (non-hydrogen) atoms. The first-order valence-electron chi connectivity index (χ1n) is 8.57. The standard InChI is InChI=1S/C20H21N3O/c24-20(12-14-22-15-21-17-9-4-5-10-19(17)22)23-13-6-11-18(23)16-7-2-1-3-8-16/h1-5,7-10,15,18H,6,11-14H2/t18-/m0/s1. The minimum Gasteiger partial charge on any atom is -0.336 e. The van der Waals surface area contributed by atoms with E-state index in [1.807, 2.05) is 42.7 Å². The van der Waals surface area contributed by atoms with Crippen LogP contribution in [-0.2, 0) is 11.3 Å². The third-order valence-electron chi connectivity index (χ3n) is 4.85. The van der Waals surface area contributed by atoms with Crippen LogP contribution in [0.2, 0.25) is 0 Å². The third kappa shape index (κ3) is 2.80. The van der Waals surface area contributed by atoms with Crippen molar-refractivity contribution in [1.82, 2.24) is 14.5 Å². The van der Waals surface area contributed by atoms with Crippen LogP contribution in [0.1, 0.15) is 30.9 Å². The zero-order valence-electron chi connectivity index (χ0n) is 13.6. The molecule has 1 atom stereocenters. The minimum atomic E-state index is 0.234. The quantitative estimate of drug-likeness (QED) is 0.734. The first-order valence-corrected chi connectivity index (χ1v) is 8.57. The predicted molar refractivity (Wildman–Crippen MR) is 94.5 cm³/mol. The number of nitrogens with zero attached hydrogens (tertiary/aromatic N) is 3. The Labute approximate surface area is 141 Å². The zero-order valence-corrected chi connectivity index (χ0v) is 13.6. The van der Waals surface area contributed by atoms with Gasteiger partial charge in [-0.1, -0.05) is 42.5 Å². The van der Waals surface area contributed by atoms with Crippen LogP contribution in [0.4, 0.5) is 0 Å². The highest BCUT2D eigenvalue weighted by molar-refractivity contribution is 5.78. The molecule has 122 valence electrons. The van der Waals surface area contributed by atoms with E-state index in [1.165, 1.54) is 5.56 Å². The number of benzene rings is 2. The number of amides is 1. The molecule has 1 fully saturated rings. The van der Waals surface area contributed by atoms with E-state index in [0.29, 0.717) is 13.0 Å². The second kappa shape index (κ2) is 6.48. The molecule has 4 nitrogen and oxygen atoms in total. The lowest BCUT2D eigenvalue weighted by Gasteiger charge is -2.25. The number of hydrogen-bond acceptors (Lipinski definition) is 2. The summed E-state index contributed by atoms with van der Waals surface area (Å²) < 4.78 is 2.07. The molecule has 1 aliphatic heterocycles. The Balaban J connectivity index is 1.46. The summed E-state index contributed by atoms with van der Waals surface area (Å²) in [4.78, 5) is 19.2. The van der Waals surface area contributed by atoms with Gasteiger partial charge in [0.05, 0.1) is 23.4 Å². The molecule has 1 aromatic heterocycles. The van der Waals surface area contributed by atoms with E-state index in [4.69, 9.17) is 0 Å². The number of imidazole rings is 1. The summed E-state index contributed by atoms with van der Waals surface area (Å²) in [5.74, 6) is 0.235. The van der Waals surface area contributed by atoms with Gasteiger partial charge >= 0.3 is 0 Å². The van der Waals surface area contributed by atoms with Crippen molar-refractivity contribution in [2.24, 2.45) is 0 Å². The summed E-state index contributed by atoms with van der Waals surface area (Å²) in [5.41, 5.74) is 3.32. The lowest BCUT2D eigenvalue weighted by molar-refractivity contribution is -0.132. The van der Waals surface area contributed by atoms with Crippen molar-refractivity contribution >= 4 is 16.9 Å². The Morgan fingerprint density at radius 1 is 1.08 bits per heavy atom. The normalized spacial score (nSPS) is 17.5. The van der Waals surface area contributed by atoms with Gasteiger partial charge in [0.25, 0.3) is 0 Å². The summed E-state index contributed by atoms with van der Waals surface area (Å²) in [6, 6.07) is 18.6. The summed E-state index contributed by atoms with van der Waals surface area (Å²) in [5, 5.41) is 0. The molecule has 0 spiro atoms. The van der Waals surface area contributed by atoms with Gasteiger partial charge in [-0.3, -0.25) is 4.79 Å². The first kappa shape index (κ1) is 14.9. The molecule has 1 saturated heterocycles. The van der Waals surface area contributed by atoms with E-state index in [0.717, 1.165) is 30.4 Å². The Bertz CT molecular complexity index is 840. The van der Waals surface area contributed by atoms with E-state index in [2.05, 4.69) is 32.7 Å². The molecule has 0 radical (unpaired) electrons. The molecular formula is C20H21N3O. The zero-order chi connectivity index (χ0) is 16.4. The van der Waals surface area contributed by atoms with Crippen LogP contribution < -0.4 is 0 Å². The highest BCUT2D eigenvalue weighted by Gasteiger charge is 2.29. The summed E-state index contributed by atoms with van der Waals surface area (Å²) in [6.45, 7) is 1.54. The Morgan fingerprint density at radius 2 is 1.88 bits per heavy atom. The van der Waals surface area contributed by atoms with Crippen LogP contribution in [0.25, 0.3) is 11.0 Å². The van der Waals surface area contributed by atoms with E-state index in [-0.39, 0.29) is 11.9 Å². The molecular weight excluding hydrogens is 298 g/mol. The minimum absolute atomic E-state index is 0.234. The van der Waals surface area contributed by atoms with Crippen molar-refractivity contribution in [3.63, 3.8) is 0 Å². The van der Waals surface area contributed by atoms with Crippen LogP contribution >= 0.6 is 0 Å². The van der Waals surface area contributed by atoms with Gasteiger partial charge in [0.15, 0.2) is 0 Å². The highest BCUT2D eigenvalue weighted by atomic mass is 16.2. The maximum absolute atomic E-state index is 12.8. The van der Waals surface area contributed by atoms with Gasteiger partial charge in [0.1, 0.15) is 0 Å². The topological polar surface area (TPSA) is 38.1 Å². The van der Waals surface area contributed by atoms with Gasteiger partial charge in [0, 0.05) is 19.5 Å². The van der Waals surface area contributed by atoms with Crippen LogP contribution in [0.5, 0.6) is 0 Å². The monoisotopic (exact) mass is 319 g/mol. The second-order valence-electron chi connectivity index (χ2n) is 6.33. The van der Waals surface area contributed by atoms with E-state index in [9.17, 15) is 4.79 Å². The smallest absolute Gasteiger partial charge is 0.224 e. The number of carbonyl (C=O) groups is 1. The van der Waals surface area contributed by atoms with Gasteiger partial charge in [0.2, 0.25) is 5.91 Å². The number of carbonyl (C=O) groups excluding carboxylic acids is 1. The van der Waals surface area contributed by atoms with E-state index < -0.39 is 0 Å². The van der Waals surface area contributed by atoms with Crippen molar-refractivity contribution < 1.29 is 4.79 Å². The van der Waals surface area contributed by atoms with Crippen LogP contribution in [0.3, 0.4) is 0 Å². The van der Waals surface area contributed by atoms with Gasteiger partial charge in [-0.15, -0.1) is 0 Å². The Morgan fingerprint density at radius 3 is 2.75 bits per heavy atom. The van der Waals surface area contributed by atoms with Gasteiger partial charge in [-0.25, -0.2) is 4.98 Å². The summed E-state index contributed by atoms with van der Waals surface area (Å²) in [6.07, 6.45) is 4.49. The number of hydrogen-bond donors (Lipinski definition) is 0. The van der Waals surface area contributed by atoms with E-state index >= 15 is 0 Å². The highest BCUT2D eigenvalue weighted by Crippen LogP contribution is 2.32. The molecule has 1 amide bonds. The summed E-state index contributed by atoms with van der Waals surface area (Å²) in [7, 11) is 0. The van der Waals surface area contributed by atoms with Gasteiger partial charge in [-0.2, -0.15) is 0 Å². The molecule has 2 aromatic carbocycles. The molecule has 4 heteroatoms. The summed E-state index contributed by atoms with van der Waals surface area (Å²) >= 11 is 0. The SMILES string of the molecule is O=C(CCn1cnc2ccccc21)N1CCC[C@H]1c1ccccc1. The maximum atomic E-state index is 12.8. The van der Waals surface area contributed by atoms with Gasteiger partial charge in [-0.05, 0) is 30.5 Å². The average Bonchev–Trinajstić information content (AvgIpc) is 3.28. The number of para-hydroxylation sites is 2. The second-order valence-corrected chi connectivity index (χ2v) is 6.33. The maximum Gasteiger partial charge on any atom is 0.224 e. The fraction of sp³-hybridized carbons (Fsp3) is 0.300. The first-order chi connectivity index (χ1) is 11.8. The predicted octanol–water partition coefficient (Wildman–Crippen LogP) is 3.79. The number of aromatic nitrogens is 2. The van der Waals surface area contributed by atoms with Crippen molar-refractivity contribution in [2.75, 3.05) is 6.54 Å². The molecule has 0 unspecified atom stereocenters. The fourth-order valence-electron chi connectivity index (χ4n) is 3.64. The molecule has 0 bridgehead atoms. The molecule has 4 rings (SSSR count).